The van der Waals surface area contributed by atoms with Crippen molar-refractivity contribution in [3.05, 3.63) is 83.9 Å². The third-order valence-corrected chi connectivity index (χ3v) is 6.67. The SMILES string of the molecule is CCCC=CCCCCCCCCCCCCOC(=O)[C@H](O)[C@@H](NC(=O)c1ccccc1)c1ccccc1. The molecule has 0 aliphatic rings. The molecule has 208 valence electrons. The third-order valence-electron chi connectivity index (χ3n) is 6.67. The number of carbonyl (C=O) groups excluding carboxylic acids is 2. The van der Waals surface area contributed by atoms with Crippen LogP contribution in [0, 0.1) is 0 Å². The van der Waals surface area contributed by atoms with Crippen LogP contribution < -0.4 is 5.32 Å². The minimum absolute atomic E-state index is 0.275. The van der Waals surface area contributed by atoms with Crippen molar-refractivity contribution >= 4 is 11.9 Å². The van der Waals surface area contributed by atoms with Crippen molar-refractivity contribution in [2.75, 3.05) is 6.61 Å². The van der Waals surface area contributed by atoms with Crippen LogP contribution in [0.1, 0.15) is 112 Å². The zero-order valence-corrected chi connectivity index (χ0v) is 23.2. The molecular formula is C33H47NO4. The summed E-state index contributed by atoms with van der Waals surface area (Å²) < 4.78 is 5.36. The second kappa shape index (κ2) is 20.1. The van der Waals surface area contributed by atoms with Gasteiger partial charge in [-0.05, 0) is 43.4 Å². The first-order valence-electron chi connectivity index (χ1n) is 14.5. The van der Waals surface area contributed by atoms with Crippen LogP contribution in [0.5, 0.6) is 0 Å². The molecule has 0 unspecified atom stereocenters. The standard InChI is InChI=1S/C33H47NO4/c1-2-3-4-5-6-7-8-9-10-11-12-13-14-15-22-27-38-33(37)31(35)30(28-23-18-16-19-24-28)34-32(36)29-25-20-17-21-26-29/h4-5,16-21,23-26,30-31,35H,2-3,6-15,22,27H2,1H3,(H,34,36)/t30-,31+/m0/s1. The summed E-state index contributed by atoms with van der Waals surface area (Å²) in [5.74, 6) is -1.07. The molecule has 0 aliphatic heterocycles. The lowest BCUT2D eigenvalue weighted by atomic mass is 10.0. The molecule has 2 rings (SSSR count). The number of rotatable bonds is 20. The Morgan fingerprint density at radius 3 is 1.89 bits per heavy atom. The van der Waals surface area contributed by atoms with E-state index in [1.165, 1.54) is 64.2 Å². The van der Waals surface area contributed by atoms with Gasteiger partial charge in [-0.1, -0.05) is 125 Å². The number of carbonyl (C=O) groups is 2. The number of unbranched alkanes of at least 4 members (excludes halogenated alkanes) is 11. The molecule has 0 saturated carbocycles. The Labute approximate surface area is 229 Å². The molecule has 0 aliphatic carbocycles. The van der Waals surface area contributed by atoms with Crippen LogP contribution in [0.15, 0.2) is 72.8 Å². The topological polar surface area (TPSA) is 75.6 Å². The van der Waals surface area contributed by atoms with E-state index >= 15 is 0 Å². The number of hydrogen-bond donors (Lipinski definition) is 2. The van der Waals surface area contributed by atoms with Gasteiger partial charge in [-0.2, -0.15) is 0 Å². The van der Waals surface area contributed by atoms with E-state index in [0.717, 1.165) is 19.3 Å². The summed E-state index contributed by atoms with van der Waals surface area (Å²) in [5.41, 5.74) is 1.11. The summed E-state index contributed by atoms with van der Waals surface area (Å²) in [6.07, 6.45) is 18.7. The Kier molecular flexibility index (Phi) is 16.6. The first-order valence-corrected chi connectivity index (χ1v) is 14.5. The number of nitrogens with one attached hydrogen (secondary N) is 1. The van der Waals surface area contributed by atoms with Crippen LogP contribution in [0.2, 0.25) is 0 Å². The van der Waals surface area contributed by atoms with Gasteiger partial charge in [0.2, 0.25) is 0 Å². The van der Waals surface area contributed by atoms with E-state index in [9.17, 15) is 14.7 Å². The van der Waals surface area contributed by atoms with Crippen molar-refractivity contribution in [3.8, 4) is 0 Å². The molecule has 5 heteroatoms. The summed E-state index contributed by atoms with van der Waals surface area (Å²) in [7, 11) is 0. The van der Waals surface area contributed by atoms with Gasteiger partial charge in [-0.15, -0.1) is 0 Å². The zero-order valence-electron chi connectivity index (χ0n) is 23.2. The highest BCUT2D eigenvalue weighted by atomic mass is 16.5. The van der Waals surface area contributed by atoms with Gasteiger partial charge in [-0.25, -0.2) is 4.79 Å². The molecule has 1 amide bonds. The lowest BCUT2D eigenvalue weighted by Crippen LogP contribution is -2.41. The van der Waals surface area contributed by atoms with Crippen molar-refractivity contribution in [2.24, 2.45) is 0 Å². The highest BCUT2D eigenvalue weighted by molar-refractivity contribution is 5.94. The van der Waals surface area contributed by atoms with Gasteiger partial charge in [0.25, 0.3) is 5.91 Å². The number of aliphatic hydroxyl groups is 1. The normalized spacial score (nSPS) is 12.8. The third kappa shape index (κ3) is 13.0. The molecule has 2 aromatic carbocycles. The maximum atomic E-state index is 12.7. The van der Waals surface area contributed by atoms with Crippen LogP contribution in [-0.2, 0) is 9.53 Å². The minimum atomic E-state index is -1.49. The number of hydrogen-bond acceptors (Lipinski definition) is 4. The summed E-state index contributed by atoms with van der Waals surface area (Å²) in [4.78, 5) is 25.3. The summed E-state index contributed by atoms with van der Waals surface area (Å²) in [6.45, 7) is 2.49. The zero-order chi connectivity index (χ0) is 27.3. The van der Waals surface area contributed by atoms with Gasteiger partial charge in [-0.3, -0.25) is 4.79 Å². The van der Waals surface area contributed by atoms with Crippen molar-refractivity contribution in [3.63, 3.8) is 0 Å². The number of allylic oxidation sites excluding steroid dienone is 2. The van der Waals surface area contributed by atoms with Crippen molar-refractivity contribution in [2.45, 2.75) is 103 Å². The molecule has 0 fully saturated rings. The lowest BCUT2D eigenvalue weighted by molar-refractivity contribution is -0.155. The molecule has 38 heavy (non-hydrogen) atoms. The number of ether oxygens (including phenoxy) is 1. The maximum Gasteiger partial charge on any atom is 0.337 e. The van der Waals surface area contributed by atoms with Crippen LogP contribution in [-0.4, -0.2) is 29.7 Å². The smallest absolute Gasteiger partial charge is 0.337 e. The van der Waals surface area contributed by atoms with Crippen LogP contribution in [0.3, 0.4) is 0 Å². The van der Waals surface area contributed by atoms with Crippen LogP contribution in [0.4, 0.5) is 0 Å². The van der Waals surface area contributed by atoms with Gasteiger partial charge < -0.3 is 15.2 Å². The molecule has 2 atom stereocenters. The number of esters is 1. The Morgan fingerprint density at radius 2 is 1.29 bits per heavy atom. The summed E-state index contributed by atoms with van der Waals surface area (Å²) in [5, 5.41) is 13.6. The van der Waals surface area contributed by atoms with E-state index in [1.807, 2.05) is 24.3 Å². The second-order valence-electron chi connectivity index (χ2n) is 9.92. The van der Waals surface area contributed by atoms with Crippen molar-refractivity contribution in [1.29, 1.82) is 0 Å². The van der Waals surface area contributed by atoms with Gasteiger partial charge in [0, 0.05) is 5.56 Å². The van der Waals surface area contributed by atoms with E-state index in [0.29, 0.717) is 11.1 Å². The molecule has 0 heterocycles. The Balaban J connectivity index is 1.60. The van der Waals surface area contributed by atoms with Crippen LogP contribution in [0.25, 0.3) is 0 Å². The average Bonchev–Trinajstić information content (AvgIpc) is 2.96. The molecule has 0 aromatic heterocycles. The molecule has 0 spiro atoms. The lowest BCUT2D eigenvalue weighted by Gasteiger charge is -2.23. The molecule has 2 N–H and O–H groups in total. The predicted octanol–water partition coefficient (Wildman–Crippen LogP) is 7.71. The highest BCUT2D eigenvalue weighted by Crippen LogP contribution is 2.19. The largest absolute Gasteiger partial charge is 0.464 e. The average molecular weight is 522 g/mol. The number of aliphatic hydroxyl groups excluding tert-OH is 1. The van der Waals surface area contributed by atoms with Crippen molar-refractivity contribution in [1.82, 2.24) is 5.32 Å². The van der Waals surface area contributed by atoms with E-state index in [2.05, 4.69) is 24.4 Å². The Bertz CT molecular complexity index is 913. The number of benzene rings is 2. The summed E-state index contributed by atoms with van der Waals surface area (Å²) >= 11 is 0. The van der Waals surface area contributed by atoms with E-state index < -0.39 is 18.1 Å². The first-order chi connectivity index (χ1) is 18.6. The monoisotopic (exact) mass is 521 g/mol. The highest BCUT2D eigenvalue weighted by Gasteiger charge is 2.30. The first kappa shape index (κ1) is 31.3. The predicted molar refractivity (Wildman–Crippen MR) is 155 cm³/mol. The fourth-order valence-corrected chi connectivity index (χ4v) is 4.39. The molecule has 2 aromatic rings. The van der Waals surface area contributed by atoms with E-state index in [4.69, 9.17) is 4.74 Å². The van der Waals surface area contributed by atoms with Crippen molar-refractivity contribution < 1.29 is 19.4 Å². The molecule has 5 nitrogen and oxygen atoms in total. The van der Waals surface area contributed by atoms with Gasteiger partial charge >= 0.3 is 5.97 Å². The second-order valence-corrected chi connectivity index (χ2v) is 9.92. The fraction of sp³-hybridized carbons (Fsp3) is 0.515. The van der Waals surface area contributed by atoms with Gasteiger partial charge in [0.05, 0.1) is 12.6 Å². The minimum Gasteiger partial charge on any atom is -0.464 e. The molecule has 0 radical (unpaired) electrons. The van der Waals surface area contributed by atoms with E-state index in [-0.39, 0.29) is 12.5 Å². The summed E-state index contributed by atoms with van der Waals surface area (Å²) in [6, 6.07) is 16.9. The molecule has 0 bridgehead atoms. The number of amides is 1. The maximum absolute atomic E-state index is 12.7. The van der Waals surface area contributed by atoms with Gasteiger partial charge in [0.15, 0.2) is 6.10 Å². The Morgan fingerprint density at radius 1 is 0.763 bits per heavy atom. The van der Waals surface area contributed by atoms with Crippen LogP contribution >= 0.6 is 0 Å². The molecular weight excluding hydrogens is 474 g/mol. The van der Waals surface area contributed by atoms with Gasteiger partial charge in [0.1, 0.15) is 0 Å². The quantitative estimate of drug-likeness (QED) is 0.106. The molecule has 0 saturated heterocycles. The van der Waals surface area contributed by atoms with E-state index in [1.54, 1.807) is 36.4 Å². The fourth-order valence-electron chi connectivity index (χ4n) is 4.39. The Hall–Kier alpha value is -2.92.